The minimum atomic E-state index is -1.09. The zero-order valence-electron chi connectivity index (χ0n) is 33.2. The van der Waals surface area contributed by atoms with E-state index < -0.39 is 23.3 Å². The van der Waals surface area contributed by atoms with E-state index in [1.807, 2.05) is 13.8 Å². The van der Waals surface area contributed by atoms with Crippen LogP contribution in [-0.2, 0) is 19.1 Å². The molecule has 3 atom stereocenters. The molecule has 1 heterocycles. The Morgan fingerprint density at radius 2 is 1.16 bits per heavy atom. The van der Waals surface area contributed by atoms with E-state index in [0.29, 0.717) is 25.7 Å². The third kappa shape index (κ3) is 21.6. The number of nitrogens with one attached hydrogen (secondary N) is 1. The summed E-state index contributed by atoms with van der Waals surface area (Å²) in [5, 5.41) is 15.8. The summed E-state index contributed by atoms with van der Waals surface area (Å²) in [6.07, 6.45) is 37.1. The van der Waals surface area contributed by atoms with Crippen LogP contribution in [0.15, 0.2) is 12.2 Å². The molecule has 1 aliphatic heterocycles. The van der Waals surface area contributed by atoms with E-state index in [0.717, 1.165) is 43.9 Å². The minimum absolute atomic E-state index is 0.0146. The van der Waals surface area contributed by atoms with Gasteiger partial charge in [0.2, 0.25) is 5.91 Å². The number of hydrogen-bond donors (Lipinski definition) is 2. The summed E-state index contributed by atoms with van der Waals surface area (Å²) in [5.74, 6) is -0.353. The first-order valence-corrected chi connectivity index (χ1v) is 22.4. The molecule has 0 radical (unpaired) electrons. The Labute approximate surface area is 317 Å². The van der Waals surface area contributed by atoms with Gasteiger partial charge in [-0.05, 0) is 58.8 Å². The van der Waals surface area contributed by atoms with Gasteiger partial charge in [-0.15, -0.1) is 0 Å². The van der Waals surface area contributed by atoms with E-state index in [-0.39, 0.29) is 18.5 Å². The average Bonchev–Trinajstić information content (AvgIpc) is 3.10. The summed E-state index contributed by atoms with van der Waals surface area (Å²) in [6.45, 7) is 8.40. The van der Waals surface area contributed by atoms with Crippen molar-refractivity contribution in [1.29, 1.82) is 0 Å². The lowest BCUT2D eigenvalue weighted by atomic mass is 9.69. The monoisotopic (exact) mass is 770 g/mol. The summed E-state index contributed by atoms with van der Waals surface area (Å²) >= 11 is 3.37. The second-order valence-corrected chi connectivity index (χ2v) is 16.4. The minimum Gasteiger partial charge on any atom is -0.463 e. The number of allylic oxidation sites excluding steroid dienone is 2. The summed E-state index contributed by atoms with van der Waals surface area (Å²) in [6, 6.07) is -0.575. The Balaban J connectivity index is 2.44. The van der Waals surface area contributed by atoms with E-state index >= 15 is 0 Å². The van der Waals surface area contributed by atoms with Gasteiger partial charge in [0.15, 0.2) is 0 Å². The van der Waals surface area contributed by atoms with E-state index in [1.165, 1.54) is 122 Å². The average molecular weight is 771 g/mol. The second-order valence-electron chi connectivity index (χ2n) is 15.6. The highest BCUT2D eigenvalue weighted by atomic mass is 79.9. The molecule has 0 aromatic carbocycles. The summed E-state index contributed by atoms with van der Waals surface area (Å²) in [4.78, 5) is 25.5. The van der Waals surface area contributed by atoms with Crippen molar-refractivity contribution in [2.24, 2.45) is 0 Å². The molecule has 1 rings (SSSR count). The third-order valence-corrected chi connectivity index (χ3v) is 11.2. The SMILES string of the molecule is CCCCCCCC/C=C\CCCCCCCC(=O)N[C@@H](COC(=O)CCCBr)[C@@H]1OC(C)(C)C1(O)CCCCCCCCCCCCCC. The summed E-state index contributed by atoms with van der Waals surface area (Å²) in [7, 11) is 0. The molecular weight excluding hydrogens is 690 g/mol. The molecule has 0 bridgehead atoms. The molecular formula is C43H80BrNO5. The van der Waals surface area contributed by atoms with Gasteiger partial charge < -0.3 is 19.9 Å². The van der Waals surface area contributed by atoms with Crippen LogP contribution in [0.25, 0.3) is 0 Å². The van der Waals surface area contributed by atoms with Gasteiger partial charge >= 0.3 is 5.97 Å². The molecule has 0 aromatic rings. The van der Waals surface area contributed by atoms with Gasteiger partial charge in [-0.1, -0.05) is 170 Å². The zero-order chi connectivity index (χ0) is 36.8. The van der Waals surface area contributed by atoms with Gasteiger partial charge in [0.25, 0.3) is 0 Å². The molecule has 1 aliphatic rings. The zero-order valence-corrected chi connectivity index (χ0v) is 34.8. The Bertz CT molecular complexity index is 864. The number of amides is 1. The molecule has 50 heavy (non-hydrogen) atoms. The number of hydrogen-bond acceptors (Lipinski definition) is 5. The number of esters is 1. The highest BCUT2D eigenvalue weighted by Crippen LogP contribution is 2.47. The van der Waals surface area contributed by atoms with Crippen molar-refractivity contribution >= 4 is 27.8 Å². The van der Waals surface area contributed by atoms with Crippen LogP contribution in [0.1, 0.15) is 214 Å². The molecule has 6 nitrogen and oxygen atoms in total. The lowest BCUT2D eigenvalue weighted by molar-refractivity contribution is -0.348. The lowest BCUT2D eigenvalue weighted by Crippen LogP contribution is -2.77. The third-order valence-electron chi connectivity index (χ3n) is 10.7. The maximum Gasteiger partial charge on any atom is 0.305 e. The van der Waals surface area contributed by atoms with Gasteiger partial charge in [0.05, 0.1) is 11.6 Å². The number of ether oxygens (including phenoxy) is 2. The first kappa shape index (κ1) is 47.1. The van der Waals surface area contributed by atoms with Crippen LogP contribution in [0, 0.1) is 0 Å². The number of carbonyl (C=O) groups is 2. The van der Waals surface area contributed by atoms with Crippen LogP contribution in [-0.4, -0.2) is 52.3 Å². The summed E-state index contributed by atoms with van der Waals surface area (Å²) in [5.41, 5.74) is -1.81. The Morgan fingerprint density at radius 3 is 1.64 bits per heavy atom. The molecule has 294 valence electrons. The Kier molecular flexibility index (Phi) is 28.8. The van der Waals surface area contributed by atoms with Crippen LogP contribution in [0.3, 0.4) is 0 Å². The molecule has 7 heteroatoms. The Hall–Kier alpha value is -0.920. The quantitative estimate of drug-likeness (QED) is 0.0290. The predicted molar refractivity (Wildman–Crippen MR) is 215 cm³/mol. The molecule has 0 saturated carbocycles. The van der Waals surface area contributed by atoms with Gasteiger partial charge in [0, 0.05) is 18.2 Å². The molecule has 1 fully saturated rings. The first-order chi connectivity index (χ1) is 24.2. The molecule has 0 aliphatic carbocycles. The van der Waals surface area contributed by atoms with Crippen molar-refractivity contribution in [1.82, 2.24) is 5.32 Å². The van der Waals surface area contributed by atoms with Gasteiger partial charge in [-0.3, -0.25) is 9.59 Å². The van der Waals surface area contributed by atoms with E-state index in [2.05, 4.69) is 47.2 Å². The molecule has 1 saturated heterocycles. The number of halogens is 1. The van der Waals surface area contributed by atoms with E-state index in [9.17, 15) is 14.7 Å². The largest absolute Gasteiger partial charge is 0.463 e. The Morgan fingerprint density at radius 1 is 0.700 bits per heavy atom. The van der Waals surface area contributed by atoms with Crippen molar-refractivity contribution in [2.75, 3.05) is 11.9 Å². The molecule has 1 unspecified atom stereocenters. The van der Waals surface area contributed by atoms with Crippen LogP contribution in [0.2, 0.25) is 0 Å². The number of unbranched alkanes of at least 4 members (excludes halogenated alkanes) is 22. The molecule has 0 aromatic heterocycles. The van der Waals surface area contributed by atoms with Crippen molar-refractivity contribution in [3.63, 3.8) is 0 Å². The lowest BCUT2D eigenvalue weighted by Gasteiger charge is -2.60. The van der Waals surface area contributed by atoms with Crippen molar-refractivity contribution in [3.05, 3.63) is 12.2 Å². The van der Waals surface area contributed by atoms with Crippen molar-refractivity contribution < 1.29 is 24.2 Å². The topological polar surface area (TPSA) is 84.9 Å². The maximum absolute atomic E-state index is 13.1. The highest BCUT2D eigenvalue weighted by molar-refractivity contribution is 9.09. The maximum atomic E-state index is 13.1. The highest BCUT2D eigenvalue weighted by Gasteiger charge is 2.63. The second kappa shape index (κ2) is 30.5. The molecule has 1 amide bonds. The van der Waals surface area contributed by atoms with E-state index in [1.54, 1.807) is 0 Å². The van der Waals surface area contributed by atoms with Crippen LogP contribution < -0.4 is 5.32 Å². The van der Waals surface area contributed by atoms with Crippen LogP contribution in [0.5, 0.6) is 0 Å². The van der Waals surface area contributed by atoms with Crippen LogP contribution in [0.4, 0.5) is 0 Å². The fourth-order valence-electron chi connectivity index (χ4n) is 7.20. The van der Waals surface area contributed by atoms with Crippen LogP contribution >= 0.6 is 15.9 Å². The fraction of sp³-hybridized carbons (Fsp3) is 0.907. The van der Waals surface area contributed by atoms with Gasteiger partial charge in [-0.2, -0.15) is 0 Å². The predicted octanol–water partition coefficient (Wildman–Crippen LogP) is 12.2. The summed E-state index contributed by atoms with van der Waals surface area (Å²) < 4.78 is 11.8. The smallest absolute Gasteiger partial charge is 0.305 e. The van der Waals surface area contributed by atoms with Crippen molar-refractivity contribution in [2.45, 2.75) is 237 Å². The van der Waals surface area contributed by atoms with Gasteiger partial charge in [0.1, 0.15) is 18.3 Å². The molecule has 2 N–H and O–H groups in total. The number of rotatable bonds is 35. The molecule has 0 spiro atoms. The normalized spacial score (nSPS) is 19.0. The first-order valence-electron chi connectivity index (χ1n) is 21.3. The van der Waals surface area contributed by atoms with Crippen molar-refractivity contribution in [3.8, 4) is 0 Å². The standard InChI is InChI=1S/C43H80BrNO5/c1-5-7-9-11-13-15-17-19-20-21-22-24-26-28-30-33-39(46)45-38(37-49-40(47)34-32-36-44)41-43(48,42(3,4)50-41)35-31-29-27-25-23-18-16-14-12-10-8-6-2/h19-20,38,41,48H,5-18,21-37H2,1-4H3,(H,45,46)/b20-19-/t38-,41-,43?/m0/s1. The number of alkyl halides is 1. The number of aliphatic hydroxyl groups is 1. The van der Waals surface area contributed by atoms with E-state index in [4.69, 9.17) is 9.47 Å². The van der Waals surface area contributed by atoms with Gasteiger partial charge in [-0.25, -0.2) is 0 Å². The number of carbonyl (C=O) groups excluding carboxylic acids is 2. The fourth-order valence-corrected chi connectivity index (χ4v) is 7.48.